The van der Waals surface area contributed by atoms with Crippen molar-refractivity contribution in [3.8, 4) is 0 Å². The summed E-state index contributed by atoms with van der Waals surface area (Å²) in [6.07, 6.45) is 0. The average molecular weight is 274 g/mol. The molecule has 0 unspecified atom stereocenters. The third kappa shape index (κ3) is 2.00. The number of ether oxygens (including phenoxy) is 1. The van der Waals surface area contributed by atoms with Gasteiger partial charge in [0.2, 0.25) is 0 Å². The third-order valence-electron chi connectivity index (χ3n) is 1.53. The van der Waals surface area contributed by atoms with Crippen molar-refractivity contribution in [1.82, 2.24) is 0 Å². The van der Waals surface area contributed by atoms with Crippen molar-refractivity contribution in [3.05, 3.63) is 27.3 Å². The summed E-state index contributed by atoms with van der Waals surface area (Å²) in [7, 11) is 3.34. The molecule has 0 aliphatic heterocycles. The van der Waals surface area contributed by atoms with Gasteiger partial charge >= 0.3 is 5.97 Å². The van der Waals surface area contributed by atoms with Crippen molar-refractivity contribution in [1.29, 1.82) is 0 Å². The molecule has 0 spiro atoms. The lowest BCUT2D eigenvalue weighted by molar-refractivity contribution is 0.0599. The maximum atomic E-state index is 11.2. The summed E-state index contributed by atoms with van der Waals surface area (Å²) < 4.78 is 5.55. The van der Waals surface area contributed by atoms with Gasteiger partial charge in [0.1, 0.15) is 7.85 Å². The zero-order valence-corrected chi connectivity index (χ0v) is 9.08. The first-order chi connectivity index (χ1) is 5.65. The molecule has 0 saturated heterocycles. The lowest BCUT2D eigenvalue weighted by Crippen LogP contribution is -2.10. The van der Waals surface area contributed by atoms with E-state index in [4.69, 9.17) is 0 Å². The molecule has 0 bridgehead atoms. The number of benzene rings is 1. The Hall–Kier alpha value is -0.515. The van der Waals surface area contributed by atoms with E-state index in [0.29, 0.717) is 5.56 Å². The van der Waals surface area contributed by atoms with Crippen LogP contribution in [0.5, 0.6) is 0 Å². The molecule has 0 aliphatic carbocycles. The van der Waals surface area contributed by atoms with Crippen molar-refractivity contribution in [3.63, 3.8) is 0 Å². The number of halogens is 1. The fraction of sp³-hybridized carbons (Fsp3) is 0.125. The molecule has 2 nitrogen and oxygen atoms in total. The lowest BCUT2D eigenvalue weighted by Gasteiger charge is -2.02. The molecule has 0 aromatic heterocycles. The van der Waals surface area contributed by atoms with Crippen molar-refractivity contribution >= 4 is 41.9 Å². The number of esters is 1. The second-order valence-electron chi connectivity index (χ2n) is 2.47. The van der Waals surface area contributed by atoms with Crippen LogP contribution in [0, 0.1) is 3.57 Å². The normalized spacial score (nSPS) is 9.50. The predicted octanol–water partition coefficient (Wildman–Crippen LogP) is 0.336. The maximum Gasteiger partial charge on any atom is 0.338 e. The fourth-order valence-electron chi connectivity index (χ4n) is 0.905. The largest absolute Gasteiger partial charge is 0.465 e. The first-order valence-corrected chi connectivity index (χ1v) is 4.57. The van der Waals surface area contributed by atoms with E-state index in [-0.39, 0.29) is 5.97 Å². The molecule has 0 saturated carbocycles. The highest BCUT2D eigenvalue weighted by Crippen LogP contribution is 2.10. The van der Waals surface area contributed by atoms with Gasteiger partial charge in [-0.25, -0.2) is 4.79 Å². The summed E-state index contributed by atoms with van der Waals surface area (Å²) in [6, 6.07) is 5.70. The van der Waals surface area contributed by atoms with Gasteiger partial charge in [-0.3, -0.25) is 0 Å². The minimum Gasteiger partial charge on any atom is -0.465 e. The lowest BCUT2D eigenvalue weighted by atomic mass is 9.94. The first-order valence-electron chi connectivity index (χ1n) is 3.49. The first kappa shape index (κ1) is 9.57. The molecule has 0 atom stereocenters. The van der Waals surface area contributed by atoms with Gasteiger partial charge in [-0.05, 0) is 28.7 Å². The van der Waals surface area contributed by atoms with Crippen molar-refractivity contribution in [2.24, 2.45) is 0 Å². The summed E-state index contributed by atoms with van der Waals surface area (Å²) >= 11 is 2.11. The Kier molecular flexibility index (Phi) is 3.14. The van der Waals surface area contributed by atoms with E-state index in [9.17, 15) is 4.79 Å². The summed E-state index contributed by atoms with van der Waals surface area (Å²) in [6.45, 7) is 0. The maximum absolute atomic E-state index is 11.2. The molecule has 0 amide bonds. The van der Waals surface area contributed by atoms with Crippen LogP contribution in [0.1, 0.15) is 10.4 Å². The molecule has 0 heterocycles. The third-order valence-corrected chi connectivity index (χ3v) is 2.47. The molecular weight excluding hydrogens is 266 g/mol. The van der Waals surface area contributed by atoms with E-state index in [1.54, 1.807) is 0 Å². The molecule has 12 heavy (non-hydrogen) atoms. The van der Waals surface area contributed by atoms with Crippen LogP contribution in [0.15, 0.2) is 18.2 Å². The molecular formula is C8H8BIO2. The fourth-order valence-corrected chi connectivity index (χ4v) is 1.46. The van der Waals surface area contributed by atoms with E-state index < -0.39 is 0 Å². The Morgan fingerprint density at radius 2 is 2.25 bits per heavy atom. The van der Waals surface area contributed by atoms with Gasteiger partial charge in [-0.1, -0.05) is 17.6 Å². The molecule has 0 aliphatic rings. The summed E-state index contributed by atoms with van der Waals surface area (Å²) in [5.41, 5.74) is 1.70. The number of hydrogen-bond donors (Lipinski definition) is 0. The molecule has 1 rings (SSSR count). The smallest absolute Gasteiger partial charge is 0.338 e. The second-order valence-corrected chi connectivity index (χ2v) is 3.64. The van der Waals surface area contributed by atoms with Gasteiger partial charge in [0.05, 0.1) is 12.7 Å². The van der Waals surface area contributed by atoms with Gasteiger partial charge in [-0.15, -0.1) is 0 Å². The molecule has 0 N–H and O–H groups in total. The van der Waals surface area contributed by atoms with Crippen LogP contribution in [0.3, 0.4) is 0 Å². The quantitative estimate of drug-likeness (QED) is 0.419. The molecule has 4 heteroatoms. The topological polar surface area (TPSA) is 26.3 Å². The van der Waals surface area contributed by atoms with Crippen LogP contribution in [-0.4, -0.2) is 20.9 Å². The summed E-state index contributed by atoms with van der Waals surface area (Å²) in [4.78, 5) is 11.2. The number of hydrogen-bond acceptors (Lipinski definition) is 2. The molecule has 1 aromatic carbocycles. The van der Waals surface area contributed by atoms with Crippen molar-refractivity contribution < 1.29 is 9.53 Å². The van der Waals surface area contributed by atoms with Gasteiger partial charge in [0.25, 0.3) is 0 Å². The molecule has 62 valence electrons. The van der Waals surface area contributed by atoms with Crippen LogP contribution in [0.2, 0.25) is 0 Å². The minimum atomic E-state index is -0.275. The van der Waals surface area contributed by atoms with E-state index in [0.717, 1.165) is 9.03 Å². The highest BCUT2D eigenvalue weighted by Gasteiger charge is 2.08. The standard InChI is InChI=1S/C8H8BIO2/c1-12-8(11)6-4-5(9)2-3-7(6)10/h2-4H,9H2,1H3. The number of carbonyl (C=O) groups excluding carboxylic acids is 1. The van der Waals surface area contributed by atoms with Gasteiger partial charge < -0.3 is 4.74 Å². The Morgan fingerprint density at radius 3 is 2.83 bits per heavy atom. The number of carbonyl (C=O) groups is 1. The predicted molar refractivity (Wildman–Crippen MR) is 58.7 cm³/mol. The highest BCUT2D eigenvalue weighted by molar-refractivity contribution is 14.1. The van der Waals surface area contributed by atoms with Crippen LogP contribution in [0.4, 0.5) is 0 Å². The van der Waals surface area contributed by atoms with E-state index in [1.807, 2.05) is 26.0 Å². The molecule has 0 fully saturated rings. The van der Waals surface area contributed by atoms with E-state index in [1.165, 1.54) is 7.11 Å². The van der Waals surface area contributed by atoms with E-state index >= 15 is 0 Å². The Labute approximate surface area is 85.8 Å². The van der Waals surface area contributed by atoms with Crippen LogP contribution in [0.25, 0.3) is 0 Å². The zero-order valence-electron chi connectivity index (χ0n) is 6.93. The number of rotatable bonds is 1. The SMILES string of the molecule is Bc1ccc(I)c(C(=O)OC)c1. The Balaban J connectivity index is 3.13. The average Bonchev–Trinajstić information content (AvgIpc) is 2.08. The van der Waals surface area contributed by atoms with Crippen LogP contribution >= 0.6 is 22.6 Å². The van der Waals surface area contributed by atoms with Crippen LogP contribution < -0.4 is 5.46 Å². The zero-order chi connectivity index (χ0) is 9.14. The van der Waals surface area contributed by atoms with Gasteiger partial charge in [0.15, 0.2) is 0 Å². The van der Waals surface area contributed by atoms with Crippen molar-refractivity contribution in [2.75, 3.05) is 7.11 Å². The monoisotopic (exact) mass is 274 g/mol. The molecule has 0 radical (unpaired) electrons. The highest BCUT2D eigenvalue weighted by atomic mass is 127. The Morgan fingerprint density at radius 1 is 1.58 bits per heavy atom. The van der Waals surface area contributed by atoms with Gasteiger partial charge in [-0.2, -0.15) is 0 Å². The second kappa shape index (κ2) is 3.93. The van der Waals surface area contributed by atoms with Gasteiger partial charge in [0, 0.05) is 3.57 Å². The summed E-state index contributed by atoms with van der Waals surface area (Å²) in [5, 5.41) is 0. The van der Waals surface area contributed by atoms with Crippen molar-refractivity contribution in [2.45, 2.75) is 0 Å². The Bertz CT molecular complexity index is 312. The van der Waals surface area contributed by atoms with Crippen LogP contribution in [-0.2, 0) is 4.74 Å². The molecule has 1 aromatic rings. The van der Waals surface area contributed by atoms with E-state index in [2.05, 4.69) is 27.3 Å². The minimum absolute atomic E-state index is 0.275. The number of methoxy groups -OCH3 is 1. The summed E-state index contributed by atoms with van der Waals surface area (Å²) in [5.74, 6) is -0.275.